The first-order valence-corrected chi connectivity index (χ1v) is 10.8. The third-order valence-electron chi connectivity index (χ3n) is 5.32. The number of thiophene rings is 1. The van der Waals surface area contributed by atoms with Gasteiger partial charge in [-0.1, -0.05) is 17.7 Å². The van der Waals surface area contributed by atoms with Crippen molar-refractivity contribution in [3.63, 3.8) is 0 Å². The highest BCUT2D eigenvalue weighted by atomic mass is 32.1. The van der Waals surface area contributed by atoms with E-state index in [0.29, 0.717) is 16.8 Å². The van der Waals surface area contributed by atoms with Gasteiger partial charge in [0.1, 0.15) is 0 Å². The zero-order valence-electron chi connectivity index (χ0n) is 16.7. The minimum absolute atomic E-state index is 0.0129. The van der Waals surface area contributed by atoms with Crippen LogP contribution in [0.5, 0.6) is 0 Å². The highest BCUT2D eigenvalue weighted by molar-refractivity contribution is 7.10. The van der Waals surface area contributed by atoms with E-state index in [4.69, 9.17) is 0 Å². The van der Waals surface area contributed by atoms with Crippen molar-refractivity contribution in [1.29, 1.82) is 0 Å². The van der Waals surface area contributed by atoms with Crippen LogP contribution in [0.15, 0.2) is 53.9 Å². The molecule has 2 aromatic carbocycles. The number of nitrogens with one attached hydrogen (secondary N) is 1. The predicted molar refractivity (Wildman–Crippen MR) is 119 cm³/mol. The zero-order valence-corrected chi connectivity index (χ0v) is 17.5. The van der Waals surface area contributed by atoms with Gasteiger partial charge in [-0.3, -0.25) is 9.59 Å². The number of amides is 2. The number of carbonyl (C=O) groups is 2. The van der Waals surface area contributed by atoms with E-state index in [9.17, 15) is 9.59 Å². The summed E-state index contributed by atoms with van der Waals surface area (Å²) >= 11 is 1.72. The lowest BCUT2D eigenvalue weighted by atomic mass is 10.0. The largest absolute Gasteiger partial charge is 0.322 e. The molecule has 0 saturated heterocycles. The number of nitrogens with zero attached hydrogens (tertiary/aromatic N) is 1. The quantitative estimate of drug-likeness (QED) is 0.618. The lowest BCUT2D eigenvalue weighted by Crippen LogP contribution is -2.31. The standard InChI is InChI=1S/C24H24N2O2S/c1-16-6-7-17(2)20(15-16)23(27)25-19-10-8-18(9-11-19)24(28)26-13-4-3-5-22-21(26)12-14-29-22/h6-12,14-15H,3-5,13H2,1-2H3,(H,25,27). The highest BCUT2D eigenvalue weighted by Crippen LogP contribution is 2.32. The lowest BCUT2D eigenvalue weighted by molar-refractivity contribution is 0.0985. The van der Waals surface area contributed by atoms with Gasteiger partial charge in [-0.2, -0.15) is 0 Å². The molecule has 0 radical (unpaired) electrons. The maximum atomic E-state index is 13.1. The topological polar surface area (TPSA) is 49.4 Å². The summed E-state index contributed by atoms with van der Waals surface area (Å²) in [6.45, 7) is 4.64. The van der Waals surface area contributed by atoms with Gasteiger partial charge in [0.05, 0.1) is 5.69 Å². The fourth-order valence-electron chi connectivity index (χ4n) is 3.68. The summed E-state index contributed by atoms with van der Waals surface area (Å²) in [5, 5.41) is 4.99. The number of hydrogen-bond acceptors (Lipinski definition) is 3. The second-order valence-electron chi connectivity index (χ2n) is 7.49. The summed E-state index contributed by atoms with van der Waals surface area (Å²) in [6.07, 6.45) is 3.16. The molecule has 1 aromatic heterocycles. The van der Waals surface area contributed by atoms with Crippen molar-refractivity contribution >= 4 is 34.5 Å². The van der Waals surface area contributed by atoms with Gasteiger partial charge in [-0.05, 0) is 80.5 Å². The summed E-state index contributed by atoms with van der Waals surface area (Å²) in [5.41, 5.74) is 5.01. The van der Waals surface area contributed by atoms with Gasteiger partial charge in [0, 0.05) is 28.2 Å². The van der Waals surface area contributed by atoms with Gasteiger partial charge in [-0.15, -0.1) is 11.3 Å². The molecule has 148 valence electrons. The molecule has 3 aromatic rings. The molecule has 0 aliphatic carbocycles. The average Bonchev–Trinajstić information content (AvgIpc) is 3.09. The first-order valence-electron chi connectivity index (χ1n) is 9.90. The van der Waals surface area contributed by atoms with Crippen LogP contribution in [0.2, 0.25) is 0 Å². The van der Waals surface area contributed by atoms with E-state index in [1.807, 2.05) is 43.0 Å². The Labute approximate surface area is 175 Å². The second-order valence-corrected chi connectivity index (χ2v) is 8.49. The smallest absolute Gasteiger partial charge is 0.258 e. The number of rotatable bonds is 3. The number of benzene rings is 2. The van der Waals surface area contributed by atoms with E-state index in [-0.39, 0.29) is 11.8 Å². The minimum Gasteiger partial charge on any atom is -0.322 e. The van der Waals surface area contributed by atoms with Crippen molar-refractivity contribution in [2.24, 2.45) is 0 Å². The van der Waals surface area contributed by atoms with Crippen molar-refractivity contribution in [2.45, 2.75) is 33.1 Å². The SMILES string of the molecule is Cc1ccc(C)c(C(=O)Nc2ccc(C(=O)N3CCCCc4sccc43)cc2)c1. The summed E-state index contributed by atoms with van der Waals surface area (Å²) in [4.78, 5) is 28.9. The van der Waals surface area contributed by atoms with Crippen LogP contribution in [-0.4, -0.2) is 18.4 Å². The third-order valence-corrected chi connectivity index (χ3v) is 6.29. The summed E-state index contributed by atoms with van der Waals surface area (Å²) in [6, 6.07) is 15.0. The molecule has 0 bridgehead atoms. The van der Waals surface area contributed by atoms with E-state index < -0.39 is 0 Å². The zero-order chi connectivity index (χ0) is 20.4. The van der Waals surface area contributed by atoms with Crippen molar-refractivity contribution in [3.8, 4) is 0 Å². The van der Waals surface area contributed by atoms with Crippen LogP contribution in [-0.2, 0) is 6.42 Å². The van der Waals surface area contributed by atoms with Gasteiger partial charge in [0.15, 0.2) is 0 Å². The van der Waals surface area contributed by atoms with Crippen LogP contribution in [0.1, 0.15) is 49.6 Å². The Morgan fingerprint density at radius 3 is 2.59 bits per heavy atom. The highest BCUT2D eigenvalue weighted by Gasteiger charge is 2.23. The molecule has 29 heavy (non-hydrogen) atoms. The van der Waals surface area contributed by atoms with Gasteiger partial charge in [0.2, 0.25) is 0 Å². The van der Waals surface area contributed by atoms with Crippen LogP contribution in [0, 0.1) is 13.8 Å². The maximum Gasteiger partial charge on any atom is 0.258 e. The Bertz CT molecular complexity index is 1050. The Hall–Kier alpha value is -2.92. The van der Waals surface area contributed by atoms with Crippen LogP contribution in [0.25, 0.3) is 0 Å². The summed E-state index contributed by atoms with van der Waals surface area (Å²) in [7, 11) is 0. The fourth-order valence-corrected chi connectivity index (χ4v) is 4.60. The number of hydrogen-bond donors (Lipinski definition) is 1. The van der Waals surface area contributed by atoms with E-state index in [1.165, 1.54) is 4.88 Å². The minimum atomic E-state index is -0.138. The molecule has 0 fully saturated rings. The molecule has 5 heteroatoms. The van der Waals surface area contributed by atoms with Gasteiger partial charge < -0.3 is 10.2 Å². The van der Waals surface area contributed by atoms with E-state index in [1.54, 1.807) is 35.6 Å². The first kappa shape index (κ1) is 19.4. The molecule has 1 aliphatic rings. The normalized spacial score (nSPS) is 13.5. The van der Waals surface area contributed by atoms with Crippen molar-refractivity contribution in [2.75, 3.05) is 16.8 Å². The molecule has 2 heterocycles. The molecular formula is C24H24N2O2S. The third kappa shape index (κ3) is 4.10. The summed E-state index contributed by atoms with van der Waals surface area (Å²) < 4.78 is 0. The molecule has 1 aliphatic heterocycles. The van der Waals surface area contributed by atoms with Crippen LogP contribution in [0.3, 0.4) is 0 Å². The molecular weight excluding hydrogens is 380 g/mol. The van der Waals surface area contributed by atoms with Gasteiger partial charge in [0.25, 0.3) is 11.8 Å². The number of aryl methyl sites for hydroxylation is 3. The maximum absolute atomic E-state index is 13.1. The Balaban J connectivity index is 1.50. The van der Waals surface area contributed by atoms with Crippen molar-refractivity contribution in [1.82, 2.24) is 0 Å². The number of carbonyl (C=O) groups excluding carboxylic acids is 2. The summed E-state index contributed by atoms with van der Waals surface area (Å²) in [5.74, 6) is -0.125. The lowest BCUT2D eigenvalue weighted by Gasteiger charge is -2.21. The molecule has 0 unspecified atom stereocenters. The molecule has 4 rings (SSSR count). The van der Waals surface area contributed by atoms with Crippen LogP contribution < -0.4 is 10.2 Å². The molecule has 2 amide bonds. The fraction of sp³-hybridized carbons (Fsp3) is 0.250. The molecule has 1 N–H and O–H groups in total. The van der Waals surface area contributed by atoms with E-state index in [2.05, 4.69) is 10.7 Å². The van der Waals surface area contributed by atoms with E-state index >= 15 is 0 Å². The molecule has 0 saturated carbocycles. The Morgan fingerprint density at radius 1 is 1.00 bits per heavy atom. The molecule has 0 spiro atoms. The Morgan fingerprint density at radius 2 is 1.79 bits per heavy atom. The number of anilines is 2. The van der Waals surface area contributed by atoms with Crippen LogP contribution >= 0.6 is 11.3 Å². The van der Waals surface area contributed by atoms with Crippen molar-refractivity contribution < 1.29 is 9.59 Å². The Kier molecular flexibility index (Phi) is 5.49. The second kappa shape index (κ2) is 8.21. The van der Waals surface area contributed by atoms with Gasteiger partial charge in [-0.25, -0.2) is 0 Å². The first-order chi connectivity index (χ1) is 14.0. The molecule has 4 nitrogen and oxygen atoms in total. The molecule has 0 atom stereocenters. The monoisotopic (exact) mass is 404 g/mol. The van der Waals surface area contributed by atoms with E-state index in [0.717, 1.165) is 42.6 Å². The van der Waals surface area contributed by atoms with Crippen molar-refractivity contribution in [3.05, 3.63) is 81.0 Å². The van der Waals surface area contributed by atoms with Crippen LogP contribution in [0.4, 0.5) is 11.4 Å². The number of fused-ring (bicyclic) bond motifs is 1. The predicted octanol–water partition coefficient (Wildman–Crippen LogP) is 5.60. The average molecular weight is 405 g/mol. The van der Waals surface area contributed by atoms with Gasteiger partial charge >= 0.3 is 0 Å².